The number of nitrogens with zero attached hydrogens (tertiary/aromatic N) is 2. The molecule has 3 heterocycles. The van der Waals surface area contributed by atoms with Crippen molar-refractivity contribution in [2.24, 2.45) is 0 Å². The van der Waals surface area contributed by atoms with Crippen molar-refractivity contribution in [3.05, 3.63) is 53.8 Å². The minimum absolute atomic E-state index is 0.202. The summed E-state index contributed by atoms with van der Waals surface area (Å²) in [4.78, 5) is 4.53. The van der Waals surface area contributed by atoms with Crippen LogP contribution < -0.4 is 5.32 Å². The van der Waals surface area contributed by atoms with Gasteiger partial charge in [-0.1, -0.05) is 23.4 Å². The van der Waals surface area contributed by atoms with Crippen molar-refractivity contribution >= 4 is 5.69 Å². The first-order chi connectivity index (χ1) is 10.3. The molecule has 1 aliphatic heterocycles. The topological polar surface area (TPSA) is 64.1 Å². The Morgan fingerprint density at radius 3 is 3.00 bits per heavy atom. The van der Waals surface area contributed by atoms with Crippen molar-refractivity contribution < 1.29 is 8.94 Å². The first-order valence-electron chi connectivity index (χ1n) is 7.01. The van der Waals surface area contributed by atoms with Gasteiger partial charge in [0.2, 0.25) is 11.7 Å². The fraction of sp³-hybridized carbons (Fsp3) is 0.250. The van der Waals surface area contributed by atoms with E-state index >= 15 is 0 Å². The molecule has 1 atom stereocenters. The number of hydrogen-bond donors (Lipinski definition) is 1. The number of nitrogens with one attached hydrogen (secondary N) is 1. The molecule has 2 aromatic heterocycles. The number of benzene rings is 1. The summed E-state index contributed by atoms with van der Waals surface area (Å²) >= 11 is 0. The van der Waals surface area contributed by atoms with E-state index in [2.05, 4.69) is 33.7 Å². The van der Waals surface area contributed by atoms with E-state index in [1.807, 2.05) is 19.1 Å². The Balaban J connectivity index is 1.61. The number of furan rings is 1. The zero-order valence-electron chi connectivity index (χ0n) is 11.7. The second kappa shape index (κ2) is 4.77. The van der Waals surface area contributed by atoms with Crippen molar-refractivity contribution in [2.45, 2.75) is 19.3 Å². The molecule has 4 rings (SSSR count). The molecule has 0 saturated heterocycles. The third kappa shape index (κ3) is 2.11. The molecule has 0 fully saturated rings. The summed E-state index contributed by atoms with van der Waals surface area (Å²) in [6, 6.07) is 10.2. The van der Waals surface area contributed by atoms with E-state index in [9.17, 15) is 0 Å². The van der Waals surface area contributed by atoms with Gasteiger partial charge in [0.25, 0.3) is 0 Å². The number of hydrogen-bond acceptors (Lipinski definition) is 5. The van der Waals surface area contributed by atoms with E-state index in [-0.39, 0.29) is 5.92 Å². The average molecular weight is 281 g/mol. The maximum Gasteiger partial charge on any atom is 0.232 e. The van der Waals surface area contributed by atoms with Crippen LogP contribution in [0.15, 0.2) is 45.5 Å². The fourth-order valence-electron chi connectivity index (χ4n) is 2.74. The Morgan fingerprint density at radius 2 is 2.14 bits per heavy atom. The molecule has 0 radical (unpaired) electrons. The van der Waals surface area contributed by atoms with Crippen LogP contribution in [0.4, 0.5) is 5.69 Å². The molecule has 1 aliphatic rings. The molecule has 0 saturated carbocycles. The van der Waals surface area contributed by atoms with Gasteiger partial charge in [0.05, 0.1) is 17.7 Å². The van der Waals surface area contributed by atoms with Crippen molar-refractivity contribution in [1.82, 2.24) is 10.1 Å². The smallest absolute Gasteiger partial charge is 0.232 e. The maximum atomic E-state index is 5.46. The van der Waals surface area contributed by atoms with Gasteiger partial charge in [-0.2, -0.15) is 4.98 Å². The second-order valence-electron chi connectivity index (χ2n) is 5.29. The highest BCUT2D eigenvalue weighted by atomic mass is 16.5. The lowest BCUT2D eigenvalue weighted by atomic mass is 9.94. The number of para-hydroxylation sites is 1. The molecule has 1 aromatic carbocycles. The van der Waals surface area contributed by atoms with Crippen LogP contribution in [0.5, 0.6) is 0 Å². The summed E-state index contributed by atoms with van der Waals surface area (Å²) in [6.45, 7) is 2.70. The first kappa shape index (κ1) is 12.2. The minimum Gasteiger partial charge on any atom is -0.469 e. The highest BCUT2D eigenvalue weighted by Crippen LogP contribution is 2.31. The highest BCUT2D eigenvalue weighted by molar-refractivity contribution is 5.57. The van der Waals surface area contributed by atoms with Crippen LogP contribution in [0.1, 0.15) is 23.1 Å². The molecule has 3 aromatic rings. The number of rotatable bonds is 2. The molecular weight excluding hydrogens is 266 g/mol. The third-order valence-corrected chi connectivity index (χ3v) is 3.91. The Kier molecular flexibility index (Phi) is 2.77. The van der Waals surface area contributed by atoms with Crippen LogP contribution in [0.3, 0.4) is 0 Å². The van der Waals surface area contributed by atoms with Gasteiger partial charge in [0, 0.05) is 12.2 Å². The number of aryl methyl sites for hydroxylation is 1. The predicted octanol–water partition coefficient (Wildman–Crippen LogP) is 3.39. The number of anilines is 1. The molecule has 21 heavy (non-hydrogen) atoms. The molecule has 106 valence electrons. The minimum atomic E-state index is 0.202. The number of aromatic nitrogens is 2. The molecule has 0 aliphatic carbocycles. The Labute approximate surface area is 122 Å². The van der Waals surface area contributed by atoms with E-state index < -0.39 is 0 Å². The van der Waals surface area contributed by atoms with Crippen molar-refractivity contribution in [3.8, 4) is 11.4 Å². The van der Waals surface area contributed by atoms with Crippen molar-refractivity contribution in [1.29, 1.82) is 0 Å². The van der Waals surface area contributed by atoms with Crippen LogP contribution in [0, 0.1) is 6.92 Å². The zero-order valence-corrected chi connectivity index (χ0v) is 11.7. The fourth-order valence-corrected chi connectivity index (χ4v) is 2.74. The summed E-state index contributed by atoms with van der Waals surface area (Å²) < 4.78 is 10.7. The van der Waals surface area contributed by atoms with Crippen LogP contribution >= 0.6 is 0 Å². The Hall–Kier alpha value is -2.56. The van der Waals surface area contributed by atoms with E-state index in [1.54, 1.807) is 6.26 Å². The first-order valence-corrected chi connectivity index (χ1v) is 7.01. The summed E-state index contributed by atoms with van der Waals surface area (Å²) in [5.41, 5.74) is 3.36. The molecule has 5 heteroatoms. The lowest BCUT2D eigenvalue weighted by Gasteiger charge is -2.23. The van der Waals surface area contributed by atoms with Crippen LogP contribution in [0.2, 0.25) is 0 Å². The maximum absolute atomic E-state index is 5.46. The molecule has 0 spiro atoms. The second-order valence-corrected chi connectivity index (χ2v) is 5.29. The van der Waals surface area contributed by atoms with Gasteiger partial charge in [-0.05, 0) is 31.0 Å². The van der Waals surface area contributed by atoms with E-state index in [0.29, 0.717) is 11.7 Å². The molecule has 1 unspecified atom stereocenters. The van der Waals surface area contributed by atoms with Crippen LogP contribution in [-0.2, 0) is 6.42 Å². The quantitative estimate of drug-likeness (QED) is 0.780. The van der Waals surface area contributed by atoms with Gasteiger partial charge in [-0.25, -0.2) is 0 Å². The summed E-state index contributed by atoms with van der Waals surface area (Å²) in [5, 5.41) is 7.50. The summed E-state index contributed by atoms with van der Waals surface area (Å²) in [7, 11) is 0. The SMILES string of the molecule is Cc1occc1-c1noc(C2CNc3ccccc3C2)n1. The zero-order chi connectivity index (χ0) is 14.2. The summed E-state index contributed by atoms with van der Waals surface area (Å²) in [5.74, 6) is 2.27. The average Bonchev–Trinajstić information content (AvgIpc) is 3.15. The standard InChI is InChI=1S/C16H15N3O2/c1-10-13(6-7-20-10)15-18-16(21-19-15)12-8-11-4-2-3-5-14(11)17-9-12/h2-7,12,17H,8-9H2,1H3. The lowest BCUT2D eigenvalue weighted by Crippen LogP contribution is -2.21. The van der Waals surface area contributed by atoms with Gasteiger partial charge in [0.1, 0.15) is 5.76 Å². The predicted molar refractivity (Wildman–Crippen MR) is 78.1 cm³/mol. The molecule has 0 amide bonds. The van der Waals surface area contributed by atoms with Gasteiger partial charge in [0.15, 0.2) is 0 Å². The monoisotopic (exact) mass is 281 g/mol. The molecule has 0 bridgehead atoms. The van der Waals surface area contributed by atoms with E-state index in [1.165, 1.54) is 11.3 Å². The van der Waals surface area contributed by atoms with E-state index in [4.69, 9.17) is 8.94 Å². The molecule has 1 N–H and O–H groups in total. The Bertz CT molecular complexity index is 775. The van der Waals surface area contributed by atoms with Gasteiger partial charge in [-0.15, -0.1) is 0 Å². The Morgan fingerprint density at radius 1 is 1.24 bits per heavy atom. The lowest BCUT2D eigenvalue weighted by molar-refractivity contribution is 0.354. The molecular formula is C16H15N3O2. The molecule has 5 nitrogen and oxygen atoms in total. The largest absolute Gasteiger partial charge is 0.469 e. The van der Waals surface area contributed by atoms with Gasteiger partial charge >= 0.3 is 0 Å². The normalized spacial score (nSPS) is 17.3. The summed E-state index contributed by atoms with van der Waals surface area (Å²) in [6.07, 6.45) is 2.55. The van der Waals surface area contributed by atoms with Crippen LogP contribution in [-0.4, -0.2) is 16.7 Å². The van der Waals surface area contributed by atoms with Gasteiger partial charge < -0.3 is 14.3 Å². The highest BCUT2D eigenvalue weighted by Gasteiger charge is 2.25. The van der Waals surface area contributed by atoms with Gasteiger partial charge in [-0.3, -0.25) is 0 Å². The third-order valence-electron chi connectivity index (χ3n) is 3.91. The number of fused-ring (bicyclic) bond motifs is 1. The van der Waals surface area contributed by atoms with Crippen molar-refractivity contribution in [2.75, 3.05) is 11.9 Å². The van der Waals surface area contributed by atoms with Crippen LogP contribution in [0.25, 0.3) is 11.4 Å². The van der Waals surface area contributed by atoms with Crippen molar-refractivity contribution in [3.63, 3.8) is 0 Å². The van der Waals surface area contributed by atoms with E-state index in [0.717, 1.165) is 24.3 Å².